The number of rotatable bonds is 4. The van der Waals surface area contributed by atoms with Crippen LogP contribution in [0.5, 0.6) is 11.5 Å². The lowest BCUT2D eigenvalue weighted by Gasteiger charge is -2.12. The Morgan fingerprint density at radius 2 is 1.75 bits per heavy atom. The van der Waals surface area contributed by atoms with Crippen LogP contribution in [0.1, 0.15) is 41.3 Å². The van der Waals surface area contributed by atoms with Gasteiger partial charge in [0.25, 0.3) is 0 Å². The number of carbonyl (C=O) groups is 1. The molecule has 0 saturated heterocycles. The van der Waals surface area contributed by atoms with Crippen molar-refractivity contribution in [3.63, 3.8) is 0 Å². The molecule has 1 N–H and O–H groups in total. The lowest BCUT2D eigenvalue weighted by atomic mass is 10.0. The lowest BCUT2D eigenvalue weighted by molar-refractivity contribution is 0.0697. The minimum absolute atomic E-state index is 0.255. The van der Waals surface area contributed by atoms with Gasteiger partial charge in [-0.1, -0.05) is 26.0 Å². The Balaban J connectivity index is 2.25. The van der Waals surface area contributed by atoms with Gasteiger partial charge in [0.05, 0.1) is 5.56 Å². The molecular formula is C17H18O3. The van der Waals surface area contributed by atoms with Crippen molar-refractivity contribution in [1.82, 2.24) is 0 Å². The second-order valence-corrected chi connectivity index (χ2v) is 5.11. The van der Waals surface area contributed by atoms with Gasteiger partial charge in [-0.05, 0) is 54.3 Å². The number of aryl methyl sites for hydroxylation is 1. The summed E-state index contributed by atoms with van der Waals surface area (Å²) >= 11 is 0. The second kappa shape index (κ2) is 5.78. The van der Waals surface area contributed by atoms with Crippen LogP contribution in [0.4, 0.5) is 0 Å². The Labute approximate surface area is 118 Å². The monoisotopic (exact) mass is 270 g/mol. The highest BCUT2D eigenvalue weighted by atomic mass is 16.5. The van der Waals surface area contributed by atoms with Crippen LogP contribution < -0.4 is 4.74 Å². The van der Waals surface area contributed by atoms with Crippen molar-refractivity contribution in [3.05, 3.63) is 59.2 Å². The summed E-state index contributed by atoms with van der Waals surface area (Å²) in [6.07, 6.45) is 0. The van der Waals surface area contributed by atoms with Crippen molar-refractivity contribution in [1.29, 1.82) is 0 Å². The predicted octanol–water partition coefficient (Wildman–Crippen LogP) is 4.61. The molecule has 2 aromatic carbocycles. The van der Waals surface area contributed by atoms with Gasteiger partial charge >= 0.3 is 5.97 Å². The highest BCUT2D eigenvalue weighted by molar-refractivity contribution is 5.87. The number of hydrogen-bond donors (Lipinski definition) is 1. The third kappa shape index (κ3) is 3.18. The molecule has 0 aliphatic carbocycles. The van der Waals surface area contributed by atoms with Crippen molar-refractivity contribution in [2.24, 2.45) is 0 Å². The third-order valence-corrected chi connectivity index (χ3v) is 3.21. The number of benzene rings is 2. The van der Waals surface area contributed by atoms with Crippen molar-refractivity contribution < 1.29 is 14.6 Å². The summed E-state index contributed by atoms with van der Waals surface area (Å²) in [6.45, 7) is 6.26. The molecule has 104 valence electrons. The van der Waals surface area contributed by atoms with E-state index >= 15 is 0 Å². The Kier molecular flexibility index (Phi) is 4.08. The smallest absolute Gasteiger partial charge is 0.335 e. The molecule has 0 bridgehead atoms. The first-order valence-corrected chi connectivity index (χ1v) is 6.59. The summed E-state index contributed by atoms with van der Waals surface area (Å²) in [6, 6.07) is 12.6. The van der Waals surface area contributed by atoms with Crippen molar-refractivity contribution >= 4 is 5.97 Å². The molecule has 20 heavy (non-hydrogen) atoms. The standard InChI is InChI=1S/C17H18O3/c1-11(2)14-5-4-12(3)16(10-14)20-15-8-6-13(7-9-15)17(18)19/h4-11H,1-3H3,(H,18,19). The molecule has 0 aliphatic rings. The van der Waals surface area contributed by atoms with Crippen molar-refractivity contribution in [2.45, 2.75) is 26.7 Å². The SMILES string of the molecule is Cc1ccc(C(C)C)cc1Oc1ccc(C(=O)O)cc1. The number of aromatic carboxylic acids is 1. The fraction of sp³-hybridized carbons (Fsp3) is 0.235. The van der Waals surface area contributed by atoms with Crippen LogP contribution in [-0.4, -0.2) is 11.1 Å². The van der Waals surface area contributed by atoms with Crippen LogP contribution in [0.3, 0.4) is 0 Å². The fourth-order valence-electron chi connectivity index (χ4n) is 1.88. The largest absolute Gasteiger partial charge is 0.478 e. The zero-order valence-electron chi connectivity index (χ0n) is 11.9. The quantitative estimate of drug-likeness (QED) is 0.882. The van der Waals surface area contributed by atoms with E-state index in [9.17, 15) is 4.79 Å². The molecule has 0 aliphatic heterocycles. The number of carboxylic acids is 1. The maximum Gasteiger partial charge on any atom is 0.335 e. The van der Waals surface area contributed by atoms with Crippen LogP contribution in [0.15, 0.2) is 42.5 Å². The highest BCUT2D eigenvalue weighted by Crippen LogP contribution is 2.28. The molecule has 3 heteroatoms. The van der Waals surface area contributed by atoms with Gasteiger partial charge in [-0.15, -0.1) is 0 Å². The Morgan fingerprint density at radius 3 is 2.30 bits per heavy atom. The Bertz CT molecular complexity index is 613. The molecule has 0 heterocycles. The number of ether oxygens (including phenoxy) is 1. The van der Waals surface area contributed by atoms with Gasteiger partial charge in [0.1, 0.15) is 11.5 Å². The normalized spacial score (nSPS) is 10.6. The van der Waals surface area contributed by atoms with Gasteiger partial charge in [0, 0.05) is 0 Å². The minimum Gasteiger partial charge on any atom is -0.478 e. The average molecular weight is 270 g/mol. The molecule has 0 fully saturated rings. The van der Waals surface area contributed by atoms with Crippen molar-refractivity contribution in [2.75, 3.05) is 0 Å². The molecule has 0 saturated carbocycles. The second-order valence-electron chi connectivity index (χ2n) is 5.11. The summed E-state index contributed by atoms with van der Waals surface area (Å²) in [5.74, 6) is 0.945. The molecule has 0 unspecified atom stereocenters. The van der Waals surface area contributed by atoms with E-state index in [1.807, 2.05) is 19.1 Å². The van der Waals surface area contributed by atoms with Gasteiger partial charge < -0.3 is 9.84 Å². The zero-order valence-corrected chi connectivity index (χ0v) is 11.9. The summed E-state index contributed by atoms with van der Waals surface area (Å²) in [5, 5.41) is 8.87. The van der Waals surface area contributed by atoms with Crippen LogP contribution >= 0.6 is 0 Å². The molecular weight excluding hydrogens is 252 g/mol. The van der Waals surface area contributed by atoms with E-state index in [1.165, 1.54) is 5.56 Å². The van der Waals surface area contributed by atoms with E-state index in [4.69, 9.17) is 9.84 Å². The zero-order chi connectivity index (χ0) is 14.7. The first-order valence-electron chi connectivity index (χ1n) is 6.59. The summed E-state index contributed by atoms with van der Waals surface area (Å²) < 4.78 is 5.84. The van der Waals surface area contributed by atoms with Gasteiger partial charge in [-0.3, -0.25) is 0 Å². The molecule has 0 atom stereocenters. The Morgan fingerprint density at radius 1 is 1.10 bits per heavy atom. The number of carboxylic acid groups (broad SMARTS) is 1. The van der Waals surface area contributed by atoms with E-state index in [2.05, 4.69) is 19.9 Å². The molecule has 0 aromatic heterocycles. The molecule has 2 rings (SSSR count). The predicted molar refractivity (Wildman–Crippen MR) is 78.7 cm³/mol. The maximum absolute atomic E-state index is 10.8. The van der Waals surface area contributed by atoms with Gasteiger partial charge in [0.2, 0.25) is 0 Å². The van der Waals surface area contributed by atoms with Gasteiger partial charge in [0.15, 0.2) is 0 Å². The van der Waals surface area contributed by atoms with Crippen LogP contribution in [0.2, 0.25) is 0 Å². The van der Waals surface area contributed by atoms with E-state index in [-0.39, 0.29) is 5.56 Å². The lowest BCUT2D eigenvalue weighted by Crippen LogP contribution is -1.96. The first kappa shape index (κ1) is 14.1. The third-order valence-electron chi connectivity index (χ3n) is 3.21. The summed E-state index contributed by atoms with van der Waals surface area (Å²) in [7, 11) is 0. The number of hydrogen-bond acceptors (Lipinski definition) is 2. The van der Waals surface area contributed by atoms with Gasteiger partial charge in [-0.2, -0.15) is 0 Å². The van der Waals surface area contributed by atoms with Crippen LogP contribution in [0, 0.1) is 6.92 Å². The summed E-state index contributed by atoms with van der Waals surface area (Å²) in [4.78, 5) is 10.8. The van der Waals surface area contributed by atoms with E-state index in [1.54, 1.807) is 24.3 Å². The Hall–Kier alpha value is -2.29. The molecule has 0 spiro atoms. The molecule has 3 nitrogen and oxygen atoms in total. The van der Waals surface area contributed by atoms with E-state index in [0.29, 0.717) is 11.7 Å². The first-order chi connectivity index (χ1) is 9.47. The van der Waals surface area contributed by atoms with E-state index < -0.39 is 5.97 Å². The maximum atomic E-state index is 10.8. The van der Waals surface area contributed by atoms with Crippen LogP contribution in [-0.2, 0) is 0 Å². The summed E-state index contributed by atoms with van der Waals surface area (Å²) in [5.41, 5.74) is 2.52. The fourth-order valence-corrected chi connectivity index (χ4v) is 1.88. The van der Waals surface area contributed by atoms with Gasteiger partial charge in [-0.25, -0.2) is 4.79 Å². The molecule has 2 aromatic rings. The average Bonchev–Trinajstić information content (AvgIpc) is 2.41. The van der Waals surface area contributed by atoms with Crippen LogP contribution in [0.25, 0.3) is 0 Å². The van der Waals surface area contributed by atoms with E-state index in [0.717, 1.165) is 11.3 Å². The molecule has 0 radical (unpaired) electrons. The van der Waals surface area contributed by atoms with Crippen molar-refractivity contribution in [3.8, 4) is 11.5 Å². The minimum atomic E-state index is -0.936. The topological polar surface area (TPSA) is 46.5 Å². The molecule has 0 amide bonds. The highest BCUT2D eigenvalue weighted by Gasteiger charge is 2.07.